The first-order chi connectivity index (χ1) is 17.2. The second kappa shape index (κ2) is 12.3. The van der Waals surface area contributed by atoms with Gasteiger partial charge in [0.15, 0.2) is 0 Å². The molecule has 36 heavy (non-hydrogen) atoms. The summed E-state index contributed by atoms with van der Waals surface area (Å²) in [5, 5.41) is 3.42. The molecule has 3 aromatic rings. The second-order valence-electron chi connectivity index (χ2n) is 7.95. The van der Waals surface area contributed by atoms with E-state index in [-0.39, 0.29) is 17.3 Å². The summed E-state index contributed by atoms with van der Waals surface area (Å²) in [5.41, 5.74) is 0.952. The first-order valence-electron chi connectivity index (χ1n) is 11.3. The van der Waals surface area contributed by atoms with Crippen LogP contribution in [0.3, 0.4) is 0 Å². The van der Waals surface area contributed by atoms with E-state index in [4.69, 9.17) is 23.2 Å². The van der Waals surface area contributed by atoms with Gasteiger partial charge in [0.25, 0.3) is 10.0 Å². The van der Waals surface area contributed by atoms with E-state index in [1.54, 1.807) is 61.5 Å². The molecule has 1 unspecified atom stereocenters. The number of likely N-dealkylation sites (N-methyl/N-ethyl adjacent to an activating group) is 1. The summed E-state index contributed by atoms with van der Waals surface area (Å²) in [6.45, 7) is 1.30. The van der Waals surface area contributed by atoms with Crippen molar-refractivity contribution in [1.29, 1.82) is 0 Å². The molecule has 3 aromatic carbocycles. The molecule has 10 heteroatoms. The van der Waals surface area contributed by atoms with Crippen molar-refractivity contribution in [2.24, 2.45) is 0 Å². The van der Waals surface area contributed by atoms with Crippen LogP contribution in [0.25, 0.3) is 0 Å². The molecule has 1 N–H and O–H groups in total. The molecule has 0 aliphatic carbocycles. The van der Waals surface area contributed by atoms with Crippen LogP contribution in [0.5, 0.6) is 0 Å². The van der Waals surface area contributed by atoms with Gasteiger partial charge in [-0.25, -0.2) is 8.42 Å². The monoisotopic (exact) mass is 547 g/mol. The van der Waals surface area contributed by atoms with E-state index >= 15 is 0 Å². The van der Waals surface area contributed by atoms with E-state index in [0.717, 1.165) is 4.31 Å². The Morgan fingerprint density at radius 3 is 2.11 bits per heavy atom. The average Bonchev–Trinajstić information content (AvgIpc) is 2.88. The van der Waals surface area contributed by atoms with Gasteiger partial charge in [0.1, 0.15) is 12.6 Å². The van der Waals surface area contributed by atoms with Gasteiger partial charge >= 0.3 is 0 Å². The van der Waals surface area contributed by atoms with Crippen LogP contribution in [0.1, 0.15) is 18.9 Å². The molecule has 0 bridgehead atoms. The van der Waals surface area contributed by atoms with Crippen LogP contribution in [-0.4, -0.2) is 44.8 Å². The van der Waals surface area contributed by atoms with Gasteiger partial charge in [0.2, 0.25) is 11.8 Å². The van der Waals surface area contributed by atoms with Crippen molar-refractivity contribution in [3.05, 3.63) is 94.5 Å². The molecule has 7 nitrogen and oxygen atoms in total. The minimum atomic E-state index is -4.14. The summed E-state index contributed by atoms with van der Waals surface area (Å²) in [4.78, 5) is 27.8. The standard InChI is InChI=1S/C26H27Cl2N3O4S/c1-3-24(26(33)29-2)30(17-19-9-7-8-12-23(19)28)25(32)18-31(21-10-5-4-6-11-21)36(34,35)22-15-13-20(27)14-16-22/h4-16,24H,3,17-18H2,1-2H3,(H,29,33). The fourth-order valence-electron chi connectivity index (χ4n) is 3.75. The van der Waals surface area contributed by atoms with Crippen LogP contribution in [0.4, 0.5) is 5.69 Å². The first-order valence-corrected chi connectivity index (χ1v) is 13.5. The van der Waals surface area contributed by atoms with Gasteiger partial charge < -0.3 is 10.2 Å². The number of benzene rings is 3. The lowest BCUT2D eigenvalue weighted by Crippen LogP contribution is -2.51. The average molecular weight is 548 g/mol. The molecular weight excluding hydrogens is 521 g/mol. The number of hydrogen-bond donors (Lipinski definition) is 1. The molecule has 3 rings (SSSR count). The molecule has 0 aliphatic rings. The molecule has 0 aliphatic heterocycles. The fourth-order valence-corrected chi connectivity index (χ4v) is 5.49. The topological polar surface area (TPSA) is 86.8 Å². The maximum Gasteiger partial charge on any atom is 0.264 e. The van der Waals surface area contributed by atoms with E-state index in [1.165, 1.54) is 36.2 Å². The quantitative estimate of drug-likeness (QED) is 0.397. The number of carbonyl (C=O) groups excluding carboxylic acids is 2. The molecule has 0 fully saturated rings. The third kappa shape index (κ3) is 6.37. The van der Waals surface area contributed by atoms with Gasteiger partial charge in [-0.1, -0.05) is 66.5 Å². The van der Waals surface area contributed by atoms with Crippen molar-refractivity contribution in [2.75, 3.05) is 17.9 Å². The number of hydrogen-bond acceptors (Lipinski definition) is 4. The molecule has 2 amide bonds. The van der Waals surface area contributed by atoms with E-state index in [2.05, 4.69) is 5.32 Å². The maximum atomic E-state index is 13.8. The summed E-state index contributed by atoms with van der Waals surface area (Å²) in [5.74, 6) is -0.906. The molecule has 1 atom stereocenters. The van der Waals surface area contributed by atoms with Crippen LogP contribution in [0.15, 0.2) is 83.8 Å². The molecule has 0 saturated carbocycles. The zero-order valence-electron chi connectivity index (χ0n) is 19.9. The van der Waals surface area contributed by atoms with Crippen molar-refractivity contribution in [3.63, 3.8) is 0 Å². The van der Waals surface area contributed by atoms with Crippen LogP contribution < -0.4 is 9.62 Å². The predicted molar refractivity (Wildman–Crippen MR) is 143 cm³/mol. The van der Waals surface area contributed by atoms with Gasteiger partial charge in [-0.2, -0.15) is 0 Å². The smallest absolute Gasteiger partial charge is 0.264 e. The van der Waals surface area contributed by atoms with Crippen LogP contribution in [0.2, 0.25) is 10.0 Å². The van der Waals surface area contributed by atoms with Crippen molar-refractivity contribution in [1.82, 2.24) is 10.2 Å². The third-order valence-electron chi connectivity index (χ3n) is 5.66. The lowest BCUT2D eigenvalue weighted by molar-refractivity contribution is -0.140. The van der Waals surface area contributed by atoms with Crippen LogP contribution in [-0.2, 0) is 26.2 Å². The highest BCUT2D eigenvalue weighted by molar-refractivity contribution is 7.92. The normalized spacial score (nSPS) is 12.0. The number of carbonyl (C=O) groups is 2. The maximum absolute atomic E-state index is 13.8. The molecule has 0 aromatic heterocycles. The van der Waals surface area contributed by atoms with Gasteiger partial charge in [0, 0.05) is 23.6 Å². The number of halogens is 2. The van der Waals surface area contributed by atoms with Crippen molar-refractivity contribution in [3.8, 4) is 0 Å². The Balaban J connectivity index is 2.04. The van der Waals surface area contributed by atoms with Crippen LogP contribution >= 0.6 is 23.2 Å². The van der Waals surface area contributed by atoms with E-state index in [1.807, 2.05) is 0 Å². The van der Waals surface area contributed by atoms with E-state index in [9.17, 15) is 18.0 Å². The van der Waals surface area contributed by atoms with Crippen molar-refractivity contribution < 1.29 is 18.0 Å². The Labute approximate surface area is 221 Å². The lowest BCUT2D eigenvalue weighted by Gasteiger charge is -2.33. The zero-order valence-corrected chi connectivity index (χ0v) is 22.2. The Morgan fingerprint density at radius 1 is 0.917 bits per heavy atom. The summed E-state index contributed by atoms with van der Waals surface area (Å²) in [7, 11) is -2.65. The van der Waals surface area contributed by atoms with Gasteiger partial charge in [-0.05, 0) is 54.4 Å². The molecule has 190 valence electrons. The highest BCUT2D eigenvalue weighted by Gasteiger charge is 2.33. The molecule has 0 heterocycles. The number of amides is 2. The van der Waals surface area contributed by atoms with Gasteiger partial charge in [-0.15, -0.1) is 0 Å². The van der Waals surface area contributed by atoms with E-state index < -0.39 is 28.5 Å². The summed E-state index contributed by atoms with van der Waals surface area (Å²) < 4.78 is 28.3. The van der Waals surface area contributed by atoms with Gasteiger partial charge in [-0.3, -0.25) is 13.9 Å². The minimum Gasteiger partial charge on any atom is -0.357 e. The molecular formula is C26H27Cl2N3O4S. The number of nitrogens with one attached hydrogen (secondary N) is 1. The first kappa shape index (κ1) is 27.5. The largest absolute Gasteiger partial charge is 0.357 e. The molecule has 0 radical (unpaired) electrons. The zero-order chi connectivity index (χ0) is 26.3. The summed E-state index contributed by atoms with van der Waals surface area (Å²) in [6.07, 6.45) is 0.325. The number of para-hydroxylation sites is 1. The minimum absolute atomic E-state index is 0.0143. The number of rotatable bonds is 10. The Morgan fingerprint density at radius 2 is 1.53 bits per heavy atom. The third-order valence-corrected chi connectivity index (χ3v) is 8.06. The highest BCUT2D eigenvalue weighted by Crippen LogP contribution is 2.26. The van der Waals surface area contributed by atoms with Crippen molar-refractivity contribution >= 4 is 50.7 Å². The van der Waals surface area contributed by atoms with Crippen LogP contribution in [0, 0.1) is 0 Å². The van der Waals surface area contributed by atoms with Gasteiger partial charge in [0.05, 0.1) is 10.6 Å². The molecule has 0 spiro atoms. The second-order valence-corrected chi connectivity index (χ2v) is 10.7. The number of anilines is 1. The summed E-state index contributed by atoms with van der Waals surface area (Å²) in [6, 6.07) is 20.2. The lowest BCUT2D eigenvalue weighted by atomic mass is 10.1. The Kier molecular flexibility index (Phi) is 9.37. The SMILES string of the molecule is CCC(C(=O)NC)N(Cc1ccccc1Cl)C(=O)CN(c1ccccc1)S(=O)(=O)c1ccc(Cl)cc1. The Hall–Kier alpha value is -3.07. The number of sulfonamides is 1. The summed E-state index contributed by atoms with van der Waals surface area (Å²) >= 11 is 12.3. The highest BCUT2D eigenvalue weighted by atomic mass is 35.5. The molecule has 0 saturated heterocycles. The number of nitrogens with zero attached hydrogens (tertiary/aromatic N) is 2. The predicted octanol–water partition coefficient (Wildman–Crippen LogP) is 4.74. The van der Waals surface area contributed by atoms with E-state index in [0.29, 0.717) is 27.7 Å². The Bertz CT molecular complexity index is 1300. The fraction of sp³-hybridized carbons (Fsp3) is 0.231. The van der Waals surface area contributed by atoms with Crippen molar-refractivity contribution in [2.45, 2.75) is 30.8 Å².